The summed E-state index contributed by atoms with van der Waals surface area (Å²) in [4.78, 5) is 8.12. The molecule has 2 aromatic rings. The van der Waals surface area contributed by atoms with Crippen molar-refractivity contribution in [2.24, 2.45) is 0 Å². The number of aromatic nitrogens is 2. The summed E-state index contributed by atoms with van der Waals surface area (Å²) in [7, 11) is 0. The second-order valence-electron chi connectivity index (χ2n) is 4.05. The molecule has 20 heavy (non-hydrogen) atoms. The van der Waals surface area contributed by atoms with Crippen LogP contribution in [0.4, 0.5) is 11.8 Å². The van der Waals surface area contributed by atoms with E-state index < -0.39 is 0 Å². The van der Waals surface area contributed by atoms with Gasteiger partial charge < -0.3 is 15.8 Å². The Balaban J connectivity index is 2.24. The van der Waals surface area contributed by atoms with Crippen LogP contribution in [-0.4, -0.2) is 16.5 Å². The van der Waals surface area contributed by atoms with Gasteiger partial charge in [0.25, 0.3) is 0 Å². The number of hydrogen-bond acceptors (Lipinski definition) is 5. The highest BCUT2D eigenvalue weighted by atomic mass is 79.9. The van der Waals surface area contributed by atoms with Gasteiger partial charge in [-0.3, -0.25) is 0 Å². The largest absolute Gasteiger partial charge is 0.437 e. The molecule has 0 aliphatic heterocycles. The van der Waals surface area contributed by atoms with E-state index in [1.807, 2.05) is 6.07 Å². The minimum absolute atomic E-state index is 0.146. The first-order chi connectivity index (χ1) is 9.58. The van der Waals surface area contributed by atoms with E-state index in [1.54, 1.807) is 18.2 Å². The Bertz CT molecular complexity index is 609. The maximum atomic E-state index is 6.07. The Morgan fingerprint density at radius 2 is 2.15 bits per heavy atom. The molecule has 5 nitrogen and oxygen atoms in total. The highest BCUT2D eigenvalue weighted by Gasteiger charge is 2.08. The SMILES string of the molecule is CCCNc1cc(Oc2cc(Br)ccc2Cl)nc(N)n1. The molecule has 0 fully saturated rings. The van der Waals surface area contributed by atoms with Gasteiger partial charge in [0, 0.05) is 17.1 Å². The number of ether oxygens (including phenoxy) is 1. The van der Waals surface area contributed by atoms with Crippen molar-refractivity contribution in [1.82, 2.24) is 9.97 Å². The van der Waals surface area contributed by atoms with Crippen molar-refractivity contribution in [3.63, 3.8) is 0 Å². The third kappa shape index (κ3) is 3.98. The number of nitrogens with two attached hydrogens (primary N) is 1. The average molecular weight is 358 g/mol. The van der Waals surface area contributed by atoms with Crippen LogP contribution >= 0.6 is 27.5 Å². The second kappa shape index (κ2) is 6.76. The first kappa shape index (κ1) is 14.9. The van der Waals surface area contributed by atoms with Gasteiger partial charge in [-0.05, 0) is 24.6 Å². The molecule has 0 radical (unpaired) electrons. The van der Waals surface area contributed by atoms with Crippen molar-refractivity contribution in [2.45, 2.75) is 13.3 Å². The number of benzene rings is 1. The predicted molar refractivity (Wildman–Crippen MR) is 84.5 cm³/mol. The zero-order valence-corrected chi connectivity index (χ0v) is 13.2. The van der Waals surface area contributed by atoms with Crippen molar-refractivity contribution >= 4 is 39.3 Å². The Morgan fingerprint density at radius 3 is 2.90 bits per heavy atom. The first-order valence-electron chi connectivity index (χ1n) is 6.10. The smallest absolute Gasteiger partial charge is 0.226 e. The monoisotopic (exact) mass is 356 g/mol. The summed E-state index contributed by atoms with van der Waals surface area (Å²) in [6.07, 6.45) is 0.984. The van der Waals surface area contributed by atoms with Crippen LogP contribution in [0.5, 0.6) is 11.6 Å². The van der Waals surface area contributed by atoms with E-state index in [0.717, 1.165) is 17.4 Å². The van der Waals surface area contributed by atoms with E-state index in [4.69, 9.17) is 22.1 Å². The van der Waals surface area contributed by atoms with E-state index in [1.165, 1.54) is 0 Å². The number of halogens is 2. The molecule has 0 amide bonds. The molecule has 1 heterocycles. The molecular formula is C13H14BrClN4O. The van der Waals surface area contributed by atoms with Gasteiger partial charge in [-0.25, -0.2) is 0 Å². The van der Waals surface area contributed by atoms with E-state index in [0.29, 0.717) is 22.5 Å². The van der Waals surface area contributed by atoms with Crippen molar-refractivity contribution in [3.05, 3.63) is 33.8 Å². The molecule has 3 N–H and O–H groups in total. The standard InChI is InChI=1S/C13H14BrClN4O/c1-2-5-17-11-7-12(19-13(16)18-11)20-10-6-8(14)3-4-9(10)15/h3-4,6-7H,2,5H2,1H3,(H3,16,17,18,19). The normalized spacial score (nSPS) is 10.3. The zero-order valence-electron chi connectivity index (χ0n) is 10.9. The van der Waals surface area contributed by atoms with E-state index >= 15 is 0 Å². The highest BCUT2D eigenvalue weighted by molar-refractivity contribution is 9.10. The third-order valence-corrected chi connectivity index (χ3v) is 3.19. The Hall–Kier alpha value is -1.53. The lowest BCUT2D eigenvalue weighted by Gasteiger charge is -2.10. The van der Waals surface area contributed by atoms with Gasteiger partial charge in [0.05, 0.1) is 5.02 Å². The maximum Gasteiger partial charge on any atom is 0.226 e. The van der Waals surface area contributed by atoms with Crippen LogP contribution < -0.4 is 15.8 Å². The van der Waals surface area contributed by atoms with Crippen LogP contribution in [0.3, 0.4) is 0 Å². The highest BCUT2D eigenvalue weighted by Crippen LogP contribution is 2.32. The van der Waals surface area contributed by atoms with Gasteiger partial charge in [0.2, 0.25) is 11.8 Å². The van der Waals surface area contributed by atoms with Crippen LogP contribution in [0, 0.1) is 0 Å². The molecule has 0 saturated carbocycles. The Labute approximate surface area is 130 Å². The molecule has 7 heteroatoms. The lowest BCUT2D eigenvalue weighted by molar-refractivity contribution is 0.463. The minimum atomic E-state index is 0.146. The van der Waals surface area contributed by atoms with E-state index in [2.05, 4.69) is 38.1 Å². The van der Waals surface area contributed by atoms with Crippen molar-refractivity contribution in [1.29, 1.82) is 0 Å². The number of hydrogen-bond donors (Lipinski definition) is 2. The third-order valence-electron chi connectivity index (χ3n) is 2.38. The van der Waals surface area contributed by atoms with E-state index in [9.17, 15) is 0 Å². The molecule has 0 aliphatic rings. The molecule has 0 saturated heterocycles. The van der Waals surface area contributed by atoms with Gasteiger partial charge in [-0.1, -0.05) is 34.5 Å². The van der Waals surface area contributed by atoms with Gasteiger partial charge in [0.15, 0.2) is 0 Å². The van der Waals surface area contributed by atoms with Crippen LogP contribution in [0.25, 0.3) is 0 Å². The molecule has 0 bridgehead atoms. The maximum absolute atomic E-state index is 6.07. The van der Waals surface area contributed by atoms with Crippen LogP contribution in [0.15, 0.2) is 28.7 Å². The molecule has 0 spiro atoms. The summed E-state index contributed by atoms with van der Waals surface area (Å²) >= 11 is 9.44. The molecule has 2 rings (SSSR count). The van der Waals surface area contributed by atoms with Gasteiger partial charge >= 0.3 is 0 Å². The topological polar surface area (TPSA) is 73.1 Å². The number of nitrogens with one attached hydrogen (secondary N) is 1. The summed E-state index contributed by atoms with van der Waals surface area (Å²) in [5.41, 5.74) is 5.67. The summed E-state index contributed by atoms with van der Waals surface area (Å²) < 4.78 is 6.52. The van der Waals surface area contributed by atoms with E-state index in [-0.39, 0.29) is 5.95 Å². The lowest BCUT2D eigenvalue weighted by atomic mass is 10.3. The summed E-state index contributed by atoms with van der Waals surface area (Å²) in [6.45, 7) is 2.86. The second-order valence-corrected chi connectivity index (χ2v) is 5.38. The van der Waals surface area contributed by atoms with Gasteiger partial charge in [-0.2, -0.15) is 9.97 Å². The van der Waals surface area contributed by atoms with Crippen molar-refractivity contribution in [3.8, 4) is 11.6 Å². The Kier molecular flexibility index (Phi) is 5.03. The molecule has 0 unspecified atom stereocenters. The molecule has 1 aromatic heterocycles. The lowest BCUT2D eigenvalue weighted by Crippen LogP contribution is -2.05. The molecule has 0 aliphatic carbocycles. The first-order valence-corrected chi connectivity index (χ1v) is 7.27. The fourth-order valence-corrected chi connectivity index (χ4v) is 2.00. The predicted octanol–water partition coefficient (Wildman–Crippen LogP) is 4.09. The number of nitrogen functional groups attached to an aromatic ring is 1. The summed E-state index contributed by atoms with van der Waals surface area (Å²) in [5.74, 6) is 1.62. The fourth-order valence-electron chi connectivity index (χ4n) is 1.51. The number of nitrogens with zero attached hydrogens (tertiary/aromatic N) is 2. The van der Waals surface area contributed by atoms with Crippen molar-refractivity contribution < 1.29 is 4.74 Å². The molecule has 0 atom stereocenters. The molecule has 1 aromatic carbocycles. The van der Waals surface area contributed by atoms with Crippen LogP contribution in [-0.2, 0) is 0 Å². The van der Waals surface area contributed by atoms with Crippen LogP contribution in [0.1, 0.15) is 13.3 Å². The molecular weight excluding hydrogens is 344 g/mol. The van der Waals surface area contributed by atoms with Gasteiger partial charge in [-0.15, -0.1) is 0 Å². The molecule has 106 valence electrons. The fraction of sp³-hybridized carbons (Fsp3) is 0.231. The number of rotatable bonds is 5. The van der Waals surface area contributed by atoms with Gasteiger partial charge in [0.1, 0.15) is 11.6 Å². The number of anilines is 2. The summed E-state index contributed by atoms with van der Waals surface area (Å²) in [6, 6.07) is 7.02. The minimum Gasteiger partial charge on any atom is -0.437 e. The quantitative estimate of drug-likeness (QED) is 0.843. The average Bonchev–Trinajstić information content (AvgIpc) is 2.40. The van der Waals surface area contributed by atoms with Crippen molar-refractivity contribution in [2.75, 3.05) is 17.6 Å². The summed E-state index contributed by atoms with van der Waals surface area (Å²) in [5, 5.41) is 3.63. The Morgan fingerprint density at radius 1 is 1.35 bits per heavy atom. The van der Waals surface area contributed by atoms with Crippen LogP contribution in [0.2, 0.25) is 5.02 Å². The zero-order chi connectivity index (χ0) is 14.5.